The van der Waals surface area contributed by atoms with Crippen molar-refractivity contribution in [3.8, 4) is 5.75 Å². The first kappa shape index (κ1) is 13.9. The highest BCUT2D eigenvalue weighted by molar-refractivity contribution is 6.62. The van der Waals surface area contributed by atoms with Gasteiger partial charge in [-0.3, -0.25) is 0 Å². The number of benzene rings is 1. The van der Waals surface area contributed by atoms with Crippen molar-refractivity contribution in [1.29, 1.82) is 0 Å². The predicted molar refractivity (Wildman–Crippen MR) is 77.0 cm³/mol. The summed E-state index contributed by atoms with van der Waals surface area (Å²) < 4.78 is 12.0. The molecule has 0 atom stereocenters. The summed E-state index contributed by atoms with van der Waals surface area (Å²) in [7, 11) is -0.563. The lowest BCUT2D eigenvalue weighted by atomic mass is 9.74. The topological polar surface area (TPSA) is 58.9 Å². The van der Waals surface area contributed by atoms with Gasteiger partial charge >= 0.3 is 7.12 Å². The van der Waals surface area contributed by atoms with Gasteiger partial charge in [0.1, 0.15) is 5.75 Å². The van der Waals surface area contributed by atoms with Gasteiger partial charge in [0.2, 0.25) is 0 Å². The molecule has 3 rings (SSSR count). The van der Waals surface area contributed by atoms with Crippen molar-refractivity contribution in [2.45, 2.75) is 57.3 Å². The molecule has 1 aliphatic carbocycles. The van der Waals surface area contributed by atoms with Gasteiger partial charge in [-0.25, -0.2) is 0 Å². The van der Waals surface area contributed by atoms with E-state index in [4.69, 9.17) is 9.31 Å². The van der Waals surface area contributed by atoms with Gasteiger partial charge in [-0.15, -0.1) is 0 Å². The molecule has 0 amide bonds. The fraction of sp³-hybridized carbons (Fsp3) is 0.600. The van der Waals surface area contributed by atoms with E-state index >= 15 is 0 Å². The van der Waals surface area contributed by atoms with Crippen molar-refractivity contribution in [2.75, 3.05) is 0 Å². The minimum absolute atomic E-state index is 0.109. The smallest absolute Gasteiger partial charge is 0.495 e. The number of phenols is 1. The minimum Gasteiger partial charge on any atom is -0.508 e. The highest BCUT2D eigenvalue weighted by atomic mass is 16.7. The van der Waals surface area contributed by atoms with Crippen LogP contribution < -0.4 is 5.46 Å². The molecule has 5 heteroatoms. The van der Waals surface area contributed by atoms with Gasteiger partial charge in [0, 0.05) is 5.56 Å². The van der Waals surface area contributed by atoms with Crippen LogP contribution in [0.1, 0.15) is 46.1 Å². The van der Waals surface area contributed by atoms with E-state index in [2.05, 4.69) is 0 Å². The van der Waals surface area contributed by atoms with E-state index in [9.17, 15) is 10.2 Å². The largest absolute Gasteiger partial charge is 0.508 e. The summed E-state index contributed by atoms with van der Waals surface area (Å²) in [6, 6.07) is 5.21. The number of aromatic hydroxyl groups is 1. The van der Waals surface area contributed by atoms with Crippen LogP contribution in [-0.4, -0.2) is 28.5 Å². The van der Waals surface area contributed by atoms with Crippen molar-refractivity contribution in [3.63, 3.8) is 0 Å². The molecule has 0 radical (unpaired) electrons. The Morgan fingerprint density at radius 1 is 1.05 bits per heavy atom. The lowest BCUT2D eigenvalue weighted by molar-refractivity contribution is 0.00578. The van der Waals surface area contributed by atoms with Gasteiger partial charge in [0.05, 0.1) is 16.8 Å². The molecule has 1 aliphatic heterocycles. The highest BCUT2D eigenvalue weighted by Crippen LogP contribution is 2.48. The molecule has 108 valence electrons. The van der Waals surface area contributed by atoms with E-state index in [0.29, 0.717) is 18.4 Å². The van der Waals surface area contributed by atoms with Gasteiger partial charge in [-0.2, -0.15) is 0 Å². The van der Waals surface area contributed by atoms with Crippen LogP contribution in [0.2, 0.25) is 0 Å². The number of hydrogen-bond acceptors (Lipinski definition) is 4. The number of phenolic OH excluding ortho intramolecular Hbond substituents is 1. The van der Waals surface area contributed by atoms with Crippen LogP contribution in [-0.2, 0) is 14.9 Å². The lowest BCUT2D eigenvalue weighted by Crippen LogP contribution is -2.41. The average Bonchev–Trinajstić information content (AvgIpc) is 3.00. The van der Waals surface area contributed by atoms with Crippen LogP contribution in [0.5, 0.6) is 5.75 Å². The summed E-state index contributed by atoms with van der Waals surface area (Å²) in [4.78, 5) is 0. The molecule has 0 spiro atoms. The summed E-state index contributed by atoms with van der Waals surface area (Å²) in [6.07, 6.45) is 1.33. The third kappa shape index (κ3) is 1.96. The van der Waals surface area contributed by atoms with Crippen LogP contribution >= 0.6 is 0 Å². The van der Waals surface area contributed by atoms with Crippen LogP contribution in [0.4, 0.5) is 0 Å². The molecular weight excluding hydrogens is 255 g/mol. The summed E-state index contributed by atoms with van der Waals surface area (Å²) in [6.45, 7) is 7.95. The quantitative estimate of drug-likeness (QED) is 0.807. The maximum Gasteiger partial charge on any atom is 0.495 e. The van der Waals surface area contributed by atoms with E-state index in [1.165, 1.54) is 0 Å². The number of rotatable bonds is 2. The zero-order chi connectivity index (χ0) is 14.8. The standard InChI is InChI=1S/C15H21BO4/c1-13(2)14(3,4)20-16(19-13)10-6-5-7-11(17)12(10)15(18)8-9-15/h5-7,17-18H,8-9H2,1-4H3. The van der Waals surface area contributed by atoms with Crippen LogP contribution in [0.25, 0.3) is 0 Å². The van der Waals surface area contributed by atoms with E-state index in [-0.39, 0.29) is 5.75 Å². The molecule has 1 heterocycles. The third-order valence-corrected chi connectivity index (χ3v) is 4.77. The first-order valence-corrected chi connectivity index (χ1v) is 7.07. The molecule has 2 fully saturated rings. The van der Waals surface area contributed by atoms with Crippen molar-refractivity contribution in [1.82, 2.24) is 0 Å². The average molecular weight is 276 g/mol. The van der Waals surface area contributed by atoms with Gasteiger partial charge in [-0.1, -0.05) is 12.1 Å². The highest BCUT2D eigenvalue weighted by Gasteiger charge is 2.55. The SMILES string of the molecule is CC1(C)OB(c2cccc(O)c2C2(O)CC2)OC1(C)C. The number of hydrogen-bond donors (Lipinski definition) is 2. The Balaban J connectivity index is 2.03. The van der Waals surface area contributed by atoms with Gasteiger partial charge < -0.3 is 19.5 Å². The Kier molecular flexibility index (Phi) is 2.78. The molecular formula is C15H21BO4. The molecule has 1 saturated heterocycles. The zero-order valence-electron chi connectivity index (χ0n) is 12.4. The Bertz CT molecular complexity index is 533. The summed E-state index contributed by atoms with van der Waals surface area (Å²) in [5, 5.41) is 20.5. The summed E-state index contributed by atoms with van der Waals surface area (Å²) >= 11 is 0. The molecule has 0 bridgehead atoms. The van der Waals surface area contributed by atoms with Crippen molar-refractivity contribution >= 4 is 12.6 Å². The van der Waals surface area contributed by atoms with E-state index in [0.717, 1.165) is 5.46 Å². The normalized spacial score (nSPS) is 25.8. The third-order valence-electron chi connectivity index (χ3n) is 4.77. The number of aliphatic hydroxyl groups is 1. The fourth-order valence-corrected chi connectivity index (χ4v) is 2.60. The second kappa shape index (κ2) is 4.00. The van der Waals surface area contributed by atoms with Crippen LogP contribution in [0.3, 0.4) is 0 Å². The Morgan fingerprint density at radius 2 is 1.60 bits per heavy atom. The molecule has 0 aromatic heterocycles. The lowest BCUT2D eigenvalue weighted by Gasteiger charge is -2.32. The first-order chi connectivity index (χ1) is 9.16. The Morgan fingerprint density at radius 3 is 2.10 bits per heavy atom. The second-order valence-electron chi connectivity index (χ2n) is 6.86. The predicted octanol–water partition coefficient (Wildman–Crippen LogP) is 1.67. The Labute approximate surface area is 119 Å². The van der Waals surface area contributed by atoms with Gasteiger partial charge in [0.15, 0.2) is 0 Å². The molecule has 2 N–H and O–H groups in total. The van der Waals surface area contributed by atoms with Crippen molar-refractivity contribution in [3.05, 3.63) is 23.8 Å². The summed E-state index contributed by atoms with van der Waals surface area (Å²) in [5.41, 5.74) is -0.522. The van der Waals surface area contributed by atoms with E-state index in [1.807, 2.05) is 33.8 Å². The van der Waals surface area contributed by atoms with Gasteiger partial charge in [0.25, 0.3) is 0 Å². The minimum atomic E-state index is -0.926. The monoisotopic (exact) mass is 276 g/mol. The molecule has 2 aliphatic rings. The Hall–Kier alpha value is -1.04. The van der Waals surface area contributed by atoms with E-state index < -0.39 is 23.9 Å². The zero-order valence-corrected chi connectivity index (χ0v) is 12.4. The molecule has 4 nitrogen and oxygen atoms in total. The van der Waals surface area contributed by atoms with Gasteiger partial charge in [-0.05, 0) is 52.1 Å². The molecule has 20 heavy (non-hydrogen) atoms. The van der Waals surface area contributed by atoms with Crippen LogP contribution in [0.15, 0.2) is 18.2 Å². The maximum absolute atomic E-state index is 10.4. The second-order valence-corrected chi connectivity index (χ2v) is 6.86. The fourth-order valence-electron chi connectivity index (χ4n) is 2.60. The van der Waals surface area contributed by atoms with Crippen molar-refractivity contribution in [2.24, 2.45) is 0 Å². The van der Waals surface area contributed by atoms with E-state index in [1.54, 1.807) is 12.1 Å². The first-order valence-electron chi connectivity index (χ1n) is 7.07. The molecule has 1 aromatic carbocycles. The van der Waals surface area contributed by atoms with Crippen LogP contribution in [0, 0.1) is 0 Å². The molecule has 0 unspecified atom stereocenters. The molecule has 1 saturated carbocycles. The van der Waals surface area contributed by atoms with Crippen molar-refractivity contribution < 1.29 is 19.5 Å². The summed E-state index contributed by atoms with van der Waals surface area (Å²) in [5.74, 6) is 0.109. The molecule has 1 aromatic rings. The maximum atomic E-state index is 10.4.